The maximum Gasteiger partial charge on any atom is 0.387 e. The van der Waals surface area contributed by atoms with Crippen molar-refractivity contribution in [1.82, 2.24) is 0 Å². The first kappa shape index (κ1) is 21.3. The lowest BCUT2D eigenvalue weighted by atomic mass is 10.1. The molecule has 1 aliphatic rings. The molecular formula is C22H22F2N2O4. The number of hydrogen-bond donors (Lipinski definition) is 2. The van der Waals surface area contributed by atoms with E-state index in [1.54, 1.807) is 12.1 Å². The van der Waals surface area contributed by atoms with Crippen LogP contribution in [0.15, 0.2) is 42.5 Å². The highest BCUT2D eigenvalue weighted by Gasteiger charge is 2.29. The molecule has 0 unspecified atom stereocenters. The zero-order valence-corrected chi connectivity index (χ0v) is 16.6. The van der Waals surface area contributed by atoms with E-state index in [1.165, 1.54) is 37.5 Å². The van der Waals surface area contributed by atoms with E-state index in [4.69, 9.17) is 4.74 Å². The number of methoxy groups -OCH3 is 1. The number of hydrogen-bond acceptors (Lipinski definition) is 4. The smallest absolute Gasteiger partial charge is 0.387 e. The molecule has 0 aliphatic heterocycles. The molecule has 2 aromatic carbocycles. The van der Waals surface area contributed by atoms with Gasteiger partial charge in [0.15, 0.2) is 11.5 Å². The molecule has 0 radical (unpaired) electrons. The van der Waals surface area contributed by atoms with Gasteiger partial charge in [0.25, 0.3) is 0 Å². The number of aryl methyl sites for hydroxylation is 1. The van der Waals surface area contributed by atoms with Crippen LogP contribution in [0.3, 0.4) is 0 Å². The van der Waals surface area contributed by atoms with Gasteiger partial charge in [-0.15, -0.1) is 0 Å². The molecule has 0 saturated heterocycles. The first-order chi connectivity index (χ1) is 14.4. The van der Waals surface area contributed by atoms with Crippen molar-refractivity contribution in [3.63, 3.8) is 0 Å². The summed E-state index contributed by atoms with van der Waals surface area (Å²) in [4.78, 5) is 24.2. The van der Waals surface area contributed by atoms with Crippen molar-refractivity contribution < 1.29 is 27.8 Å². The quantitative estimate of drug-likeness (QED) is 0.617. The lowest BCUT2D eigenvalue weighted by Gasteiger charge is -2.11. The van der Waals surface area contributed by atoms with Gasteiger partial charge >= 0.3 is 6.61 Å². The number of amides is 2. The normalized spacial score (nSPS) is 13.4. The van der Waals surface area contributed by atoms with E-state index >= 15 is 0 Å². The zero-order chi connectivity index (χ0) is 21.7. The van der Waals surface area contributed by atoms with E-state index in [1.807, 2.05) is 13.0 Å². The van der Waals surface area contributed by atoms with E-state index in [0.29, 0.717) is 16.9 Å². The molecule has 6 nitrogen and oxygen atoms in total. The predicted molar refractivity (Wildman–Crippen MR) is 110 cm³/mol. The number of carbonyl (C=O) groups is 2. The Balaban J connectivity index is 1.66. The van der Waals surface area contributed by atoms with Gasteiger partial charge < -0.3 is 20.1 Å². The van der Waals surface area contributed by atoms with Crippen LogP contribution < -0.4 is 20.1 Å². The molecule has 1 saturated carbocycles. The SMILES string of the molecule is COc1cc(/C=C/C(=O)Nc2cc(NC(=O)C3CC3)ccc2C)ccc1OC(F)F. The van der Waals surface area contributed by atoms with Crippen molar-refractivity contribution in [1.29, 1.82) is 0 Å². The van der Waals surface area contributed by atoms with Crippen molar-refractivity contribution in [2.75, 3.05) is 17.7 Å². The Kier molecular flexibility index (Phi) is 6.66. The first-order valence-corrected chi connectivity index (χ1v) is 9.39. The Morgan fingerprint density at radius 2 is 1.87 bits per heavy atom. The van der Waals surface area contributed by atoms with Crippen LogP contribution in [0.25, 0.3) is 6.08 Å². The Bertz CT molecular complexity index is 972. The summed E-state index contributed by atoms with van der Waals surface area (Å²) in [6, 6.07) is 9.68. The summed E-state index contributed by atoms with van der Waals surface area (Å²) in [6.45, 7) is -1.11. The highest BCUT2D eigenvalue weighted by Crippen LogP contribution is 2.31. The van der Waals surface area contributed by atoms with Gasteiger partial charge in [-0.2, -0.15) is 8.78 Å². The predicted octanol–water partition coefficient (Wildman–Crippen LogP) is 4.61. The van der Waals surface area contributed by atoms with Crippen LogP contribution in [0, 0.1) is 12.8 Å². The fraction of sp³-hybridized carbons (Fsp3) is 0.273. The molecule has 3 rings (SSSR count). The number of carbonyl (C=O) groups excluding carboxylic acids is 2. The minimum Gasteiger partial charge on any atom is -0.493 e. The molecule has 2 amide bonds. The average molecular weight is 416 g/mol. The molecule has 2 N–H and O–H groups in total. The highest BCUT2D eigenvalue weighted by atomic mass is 19.3. The van der Waals surface area contributed by atoms with E-state index in [0.717, 1.165) is 18.4 Å². The van der Waals surface area contributed by atoms with Crippen LogP contribution >= 0.6 is 0 Å². The molecule has 0 bridgehead atoms. The molecule has 0 atom stereocenters. The van der Waals surface area contributed by atoms with E-state index in [9.17, 15) is 18.4 Å². The van der Waals surface area contributed by atoms with Crippen molar-refractivity contribution in [2.45, 2.75) is 26.4 Å². The van der Waals surface area contributed by atoms with Gasteiger partial charge in [0, 0.05) is 23.4 Å². The number of benzene rings is 2. The van der Waals surface area contributed by atoms with Crippen molar-refractivity contribution in [3.8, 4) is 11.5 Å². The van der Waals surface area contributed by atoms with E-state index in [-0.39, 0.29) is 29.2 Å². The molecule has 1 fully saturated rings. The monoisotopic (exact) mass is 416 g/mol. The first-order valence-electron chi connectivity index (χ1n) is 9.39. The number of alkyl halides is 2. The lowest BCUT2D eigenvalue weighted by molar-refractivity contribution is -0.117. The molecule has 0 spiro atoms. The Morgan fingerprint density at radius 3 is 2.53 bits per heavy atom. The van der Waals surface area contributed by atoms with Gasteiger partial charge in [0.05, 0.1) is 7.11 Å². The van der Waals surface area contributed by atoms with Crippen LogP contribution in [-0.2, 0) is 9.59 Å². The number of anilines is 2. The second-order valence-electron chi connectivity index (χ2n) is 6.90. The standard InChI is InChI=1S/C22H22F2N2O4/c1-13-3-8-16(25-21(28)15-6-7-15)12-17(13)26-20(27)10-5-14-4-9-18(30-22(23)24)19(11-14)29-2/h3-5,8-12,15,22H,6-7H2,1-2H3,(H,25,28)(H,26,27)/b10-5+. The van der Waals surface area contributed by atoms with Crippen LogP contribution in [0.1, 0.15) is 24.0 Å². The van der Waals surface area contributed by atoms with Crippen molar-refractivity contribution >= 4 is 29.3 Å². The Hall–Kier alpha value is -3.42. The second-order valence-corrected chi connectivity index (χ2v) is 6.90. The minimum absolute atomic E-state index is 0.00996. The summed E-state index contributed by atoms with van der Waals surface area (Å²) >= 11 is 0. The van der Waals surface area contributed by atoms with Gasteiger partial charge in [-0.3, -0.25) is 9.59 Å². The number of nitrogens with one attached hydrogen (secondary N) is 2. The molecule has 8 heteroatoms. The topological polar surface area (TPSA) is 76.7 Å². The summed E-state index contributed by atoms with van der Waals surface area (Å²) < 4.78 is 34.2. The largest absolute Gasteiger partial charge is 0.493 e. The lowest BCUT2D eigenvalue weighted by Crippen LogP contribution is -2.14. The third-order valence-corrected chi connectivity index (χ3v) is 4.54. The van der Waals surface area contributed by atoms with Gasteiger partial charge in [0.2, 0.25) is 11.8 Å². The zero-order valence-electron chi connectivity index (χ0n) is 16.6. The fourth-order valence-corrected chi connectivity index (χ4v) is 2.75. The minimum atomic E-state index is -2.96. The fourth-order valence-electron chi connectivity index (χ4n) is 2.75. The average Bonchev–Trinajstić information content (AvgIpc) is 3.55. The second kappa shape index (κ2) is 9.39. The molecule has 0 heterocycles. The van der Waals surface area contributed by atoms with Crippen LogP contribution in [-0.4, -0.2) is 25.5 Å². The Morgan fingerprint density at radius 1 is 1.10 bits per heavy atom. The van der Waals surface area contributed by atoms with Gasteiger partial charge in [0.1, 0.15) is 0 Å². The maximum absolute atomic E-state index is 12.4. The molecule has 1 aliphatic carbocycles. The molecule has 2 aromatic rings. The third-order valence-electron chi connectivity index (χ3n) is 4.54. The number of rotatable bonds is 8. The summed E-state index contributed by atoms with van der Waals surface area (Å²) in [6.07, 6.45) is 4.66. The van der Waals surface area contributed by atoms with Crippen molar-refractivity contribution in [3.05, 3.63) is 53.6 Å². The van der Waals surface area contributed by atoms with Crippen LogP contribution in [0.2, 0.25) is 0 Å². The van der Waals surface area contributed by atoms with Crippen molar-refractivity contribution in [2.24, 2.45) is 5.92 Å². The summed E-state index contributed by atoms with van der Waals surface area (Å²) in [5.41, 5.74) is 2.62. The molecule has 158 valence electrons. The number of halogens is 2. The summed E-state index contributed by atoms with van der Waals surface area (Å²) in [5, 5.41) is 5.62. The van der Waals surface area contributed by atoms with E-state index in [2.05, 4.69) is 15.4 Å². The summed E-state index contributed by atoms with van der Waals surface area (Å²) in [7, 11) is 1.34. The van der Waals surface area contributed by atoms with Gasteiger partial charge in [-0.25, -0.2) is 0 Å². The molecule has 30 heavy (non-hydrogen) atoms. The summed E-state index contributed by atoms with van der Waals surface area (Å²) in [5.74, 6) is -0.260. The van der Waals surface area contributed by atoms with Gasteiger partial charge in [-0.05, 0) is 61.2 Å². The van der Waals surface area contributed by atoms with Crippen LogP contribution in [0.4, 0.5) is 20.2 Å². The van der Waals surface area contributed by atoms with Gasteiger partial charge in [-0.1, -0.05) is 12.1 Å². The van der Waals surface area contributed by atoms with E-state index < -0.39 is 6.61 Å². The number of ether oxygens (including phenoxy) is 2. The highest BCUT2D eigenvalue weighted by molar-refractivity contribution is 6.03. The van der Waals surface area contributed by atoms with Crippen LogP contribution in [0.5, 0.6) is 11.5 Å². The Labute approximate surface area is 172 Å². The molecular weight excluding hydrogens is 394 g/mol. The molecule has 0 aromatic heterocycles. The third kappa shape index (κ3) is 5.79. The maximum atomic E-state index is 12.4.